The van der Waals surface area contributed by atoms with Crippen LogP contribution in [-0.4, -0.2) is 12.2 Å². The summed E-state index contributed by atoms with van der Waals surface area (Å²) in [4.78, 5) is 0. The zero-order valence-corrected chi connectivity index (χ0v) is 10.8. The second-order valence-corrected chi connectivity index (χ2v) is 4.43. The minimum absolute atomic E-state index is 0.0707. The molecule has 16 heavy (non-hydrogen) atoms. The lowest BCUT2D eigenvalue weighted by Crippen LogP contribution is -2.41. The van der Waals surface area contributed by atoms with E-state index in [9.17, 15) is 0 Å². The van der Waals surface area contributed by atoms with Gasteiger partial charge in [-0.25, -0.2) is 0 Å². The minimum Gasteiger partial charge on any atom is -0.374 e. The van der Waals surface area contributed by atoms with Crippen LogP contribution in [0.2, 0.25) is 0 Å². The van der Waals surface area contributed by atoms with Crippen molar-refractivity contribution in [3.63, 3.8) is 0 Å². The Morgan fingerprint density at radius 3 is 2.44 bits per heavy atom. The van der Waals surface area contributed by atoms with Gasteiger partial charge in [-0.15, -0.1) is 0 Å². The molecule has 90 valence electrons. The Balaban J connectivity index is 2.99. The monoisotopic (exact) mass is 221 g/mol. The number of rotatable bonds is 5. The third-order valence-electron chi connectivity index (χ3n) is 3.36. The third-order valence-corrected chi connectivity index (χ3v) is 3.36. The first-order valence-electron chi connectivity index (χ1n) is 6.00. The van der Waals surface area contributed by atoms with Crippen LogP contribution in [0.25, 0.3) is 0 Å². The average Bonchev–Trinajstić information content (AvgIpc) is 2.29. The van der Waals surface area contributed by atoms with Gasteiger partial charge < -0.3 is 10.5 Å². The summed E-state index contributed by atoms with van der Waals surface area (Å²) >= 11 is 0. The Hall–Kier alpha value is -0.860. The van der Waals surface area contributed by atoms with Crippen molar-refractivity contribution in [1.29, 1.82) is 0 Å². The smallest absolute Gasteiger partial charge is 0.0843 e. The molecule has 0 aliphatic heterocycles. The van der Waals surface area contributed by atoms with Gasteiger partial charge in [0.15, 0.2) is 0 Å². The van der Waals surface area contributed by atoms with E-state index in [-0.39, 0.29) is 11.6 Å². The van der Waals surface area contributed by atoms with E-state index in [1.165, 1.54) is 11.1 Å². The van der Waals surface area contributed by atoms with Crippen molar-refractivity contribution in [3.8, 4) is 0 Å². The van der Waals surface area contributed by atoms with Crippen molar-refractivity contribution in [1.82, 2.24) is 0 Å². The van der Waals surface area contributed by atoms with E-state index in [2.05, 4.69) is 32.9 Å². The first-order chi connectivity index (χ1) is 7.55. The van der Waals surface area contributed by atoms with Gasteiger partial charge in [-0.05, 0) is 38.3 Å². The average molecular weight is 221 g/mol. The maximum Gasteiger partial charge on any atom is 0.0843 e. The van der Waals surface area contributed by atoms with Gasteiger partial charge >= 0.3 is 0 Å². The maximum atomic E-state index is 6.35. The van der Waals surface area contributed by atoms with Crippen LogP contribution in [0.3, 0.4) is 0 Å². The summed E-state index contributed by atoms with van der Waals surface area (Å²) in [6.45, 7) is 9.01. The van der Waals surface area contributed by atoms with E-state index in [1.54, 1.807) is 0 Å². The molecule has 1 aromatic rings. The molecule has 2 unspecified atom stereocenters. The molecule has 0 fully saturated rings. The van der Waals surface area contributed by atoms with Gasteiger partial charge in [0.1, 0.15) is 0 Å². The SMILES string of the molecule is CCOC(C)(CC)C(N)c1ccccc1C. The molecule has 1 rings (SSSR count). The lowest BCUT2D eigenvalue weighted by atomic mass is 9.86. The first kappa shape index (κ1) is 13.2. The van der Waals surface area contributed by atoms with Crippen LogP contribution in [0.1, 0.15) is 44.4 Å². The molecule has 2 N–H and O–H groups in total. The lowest BCUT2D eigenvalue weighted by Gasteiger charge is -2.35. The summed E-state index contributed by atoms with van der Waals surface area (Å²) < 4.78 is 5.82. The number of ether oxygens (including phenoxy) is 1. The maximum absolute atomic E-state index is 6.35. The van der Waals surface area contributed by atoms with Crippen molar-refractivity contribution < 1.29 is 4.74 Å². The molecule has 0 heterocycles. The first-order valence-corrected chi connectivity index (χ1v) is 6.00. The largest absolute Gasteiger partial charge is 0.374 e. The van der Waals surface area contributed by atoms with E-state index in [0.29, 0.717) is 6.61 Å². The van der Waals surface area contributed by atoms with Gasteiger partial charge in [-0.1, -0.05) is 31.2 Å². The normalized spacial score (nSPS) is 16.8. The van der Waals surface area contributed by atoms with Crippen LogP contribution in [0, 0.1) is 6.92 Å². The standard InChI is InChI=1S/C14H23NO/c1-5-14(4,16-6-2)13(15)12-10-8-7-9-11(12)3/h7-10,13H,5-6,15H2,1-4H3. The molecule has 2 heteroatoms. The molecule has 0 amide bonds. The van der Waals surface area contributed by atoms with E-state index in [1.807, 2.05) is 19.1 Å². The minimum atomic E-state index is -0.277. The molecule has 0 aliphatic rings. The van der Waals surface area contributed by atoms with Crippen LogP contribution < -0.4 is 5.73 Å². The number of aryl methyl sites for hydroxylation is 1. The van der Waals surface area contributed by atoms with Crippen molar-refractivity contribution in [3.05, 3.63) is 35.4 Å². The summed E-state index contributed by atoms with van der Waals surface area (Å²) in [7, 11) is 0. The highest BCUT2D eigenvalue weighted by atomic mass is 16.5. The van der Waals surface area contributed by atoms with E-state index in [4.69, 9.17) is 10.5 Å². The van der Waals surface area contributed by atoms with Crippen molar-refractivity contribution >= 4 is 0 Å². The fourth-order valence-electron chi connectivity index (χ4n) is 2.01. The predicted molar refractivity (Wildman–Crippen MR) is 68.4 cm³/mol. The van der Waals surface area contributed by atoms with Crippen molar-refractivity contribution in [2.24, 2.45) is 5.73 Å². The highest BCUT2D eigenvalue weighted by Crippen LogP contribution is 2.31. The highest BCUT2D eigenvalue weighted by molar-refractivity contribution is 5.30. The number of benzene rings is 1. The highest BCUT2D eigenvalue weighted by Gasteiger charge is 2.32. The molecule has 0 bridgehead atoms. The Morgan fingerprint density at radius 2 is 1.94 bits per heavy atom. The fraction of sp³-hybridized carbons (Fsp3) is 0.571. The molecule has 1 aromatic carbocycles. The molecule has 2 nitrogen and oxygen atoms in total. The van der Waals surface area contributed by atoms with Crippen LogP contribution in [0.4, 0.5) is 0 Å². The Kier molecular flexibility index (Phi) is 4.51. The van der Waals surface area contributed by atoms with E-state index < -0.39 is 0 Å². The molecule has 0 aliphatic carbocycles. The lowest BCUT2D eigenvalue weighted by molar-refractivity contribution is -0.0473. The second-order valence-electron chi connectivity index (χ2n) is 4.43. The third kappa shape index (κ3) is 2.63. The van der Waals surface area contributed by atoms with Gasteiger partial charge in [0.2, 0.25) is 0 Å². The Morgan fingerprint density at radius 1 is 1.31 bits per heavy atom. The number of nitrogens with two attached hydrogens (primary N) is 1. The summed E-state index contributed by atoms with van der Waals surface area (Å²) in [6.07, 6.45) is 0.913. The van der Waals surface area contributed by atoms with Crippen LogP contribution in [0.15, 0.2) is 24.3 Å². The zero-order chi connectivity index (χ0) is 12.2. The molecule has 2 atom stereocenters. The number of hydrogen-bond donors (Lipinski definition) is 1. The quantitative estimate of drug-likeness (QED) is 0.828. The predicted octanol–water partition coefficient (Wildman–Crippen LogP) is 3.20. The van der Waals surface area contributed by atoms with Crippen LogP contribution in [-0.2, 0) is 4.74 Å². The molecular formula is C14H23NO. The fourth-order valence-corrected chi connectivity index (χ4v) is 2.01. The van der Waals surface area contributed by atoms with Gasteiger partial charge in [-0.2, -0.15) is 0 Å². The van der Waals surface area contributed by atoms with E-state index >= 15 is 0 Å². The molecule has 0 radical (unpaired) electrons. The summed E-state index contributed by atoms with van der Waals surface area (Å²) in [5, 5.41) is 0. The van der Waals surface area contributed by atoms with Gasteiger partial charge in [-0.3, -0.25) is 0 Å². The molecule has 0 saturated carbocycles. The van der Waals surface area contributed by atoms with E-state index in [0.717, 1.165) is 6.42 Å². The van der Waals surface area contributed by atoms with Gasteiger partial charge in [0.25, 0.3) is 0 Å². The van der Waals surface area contributed by atoms with Crippen molar-refractivity contribution in [2.45, 2.75) is 45.8 Å². The second kappa shape index (κ2) is 5.46. The summed E-state index contributed by atoms with van der Waals surface area (Å²) in [5.41, 5.74) is 8.48. The molecule has 0 spiro atoms. The molecule has 0 saturated heterocycles. The Labute approximate surface area is 98.8 Å². The molecule has 0 aromatic heterocycles. The summed E-state index contributed by atoms with van der Waals surface area (Å²) in [6, 6.07) is 8.18. The Bertz CT molecular complexity index is 337. The number of hydrogen-bond acceptors (Lipinski definition) is 2. The van der Waals surface area contributed by atoms with Crippen molar-refractivity contribution in [2.75, 3.05) is 6.61 Å². The zero-order valence-electron chi connectivity index (χ0n) is 10.8. The summed E-state index contributed by atoms with van der Waals surface area (Å²) in [5.74, 6) is 0. The molecular weight excluding hydrogens is 198 g/mol. The van der Waals surface area contributed by atoms with Gasteiger partial charge in [0, 0.05) is 6.61 Å². The van der Waals surface area contributed by atoms with Crippen LogP contribution in [0.5, 0.6) is 0 Å². The topological polar surface area (TPSA) is 35.2 Å². The van der Waals surface area contributed by atoms with Crippen LogP contribution >= 0.6 is 0 Å². The van der Waals surface area contributed by atoms with Gasteiger partial charge in [0.05, 0.1) is 11.6 Å².